The summed E-state index contributed by atoms with van der Waals surface area (Å²) in [4.78, 5) is 29.1. The second-order valence-electron chi connectivity index (χ2n) is 12.3. The first-order valence-corrected chi connectivity index (χ1v) is 17.3. The SMILES string of the molecule is CCCCOc1ccc(-c2c3nc(c(/C=C/C=O)c4ccc([nH]4)c(-c4ccc(OCCCC)cc4)c4nc(cc5ccc2[nH]5)C=C4)C=C3)cc1. The van der Waals surface area contributed by atoms with Crippen molar-refractivity contribution >= 4 is 58.7 Å². The van der Waals surface area contributed by atoms with Crippen LogP contribution in [0, 0.1) is 0 Å². The predicted octanol–water partition coefficient (Wildman–Crippen LogP) is 10.6. The molecule has 2 aliphatic rings. The molecule has 0 amide bonds. The van der Waals surface area contributed by atoms with E-state index < -0.39 is 0 Å². The van der Waals surface area contributed by atoms with Crippen LogP contribution < -0.4 is 9.47 Å². The number of fused-ring (bicyclic) bond motifs is 8. The minimum atomic E-state index is 0.695. The number of ether oxygens (including phenoxy) is 2. The molecule has 7 rings (SSSR count). The third-order valence-corrected chi connectivity index (χ3v) is 8.78. The Balaban J connectivity index is 1.45. The fraction of sp³-hybridized carbons (Fsp3) is 0.186. The van der Waals surface area contributed by atoms with Gasteiger partial charge in [-0.25, -0.2) is 9.97 Å². The topological polar surface area (TPSA) is 92.9 Å². The van der Waals surface area contributed by atoms with E-state index in [-0.39, 0.29) is 0 Å². The first-order valence-electron chi connectivity index (χ1n) is 17.3. The molecule has 0 aliphatic carbocycles. The van der Waals surface area contributed by atoms with Crippen molar-refractivity contribution in [3.05, 3.63) is 113 Å². The van der Waals surface area contributed by atoms with E-state index >= 15 is 0 Å². The van der Waals surface area contributed by atoms with Gasteiger partial charge in [-0.1, -0.05) is 51.0 Å². The number of carbonyl (C=O) groups is 1. The van der Waals surface area contributed by atoms with Gasteiger partial charge in [-0.2, -0.15) is 0 Å². The molecule has 0 fully saturated rings. The van der Waals surface area contributed by atoms with Crippen molar-refractivity contribution in [3.8, 4) is 33.8 Å². The van der Waals surface area contributed by atoms with E-state index in [4.69, 9.17) is 19.4 Å². The number of unbranched alkanes of at least 4 members (excludes halogenated alkanes) is 2. The van der Waals surface area contributed by atoms with Gasteiger partial charge in [0.1, 0.15) is 17.8 Å². The molecule has 50 heavy (non-hydrogen) atoms. The molecule has 0 saturated heterocycles. The molecule has 0 atom stereocenters. The smallest absolute Gasteiger partial charge is 0.142 e. The van der Waals surface area contributed by atoms with Gasteiger partial charge in [0.2, 0.25) is 0 Å². The molecule has 0 radical (unpaired) electrons. The molecule has 2 aromatic carbocycles. The summed E-state index contributed by atoms with van der Waals surface area (Å²) in [5.74, 6) is 1.69. The Morgan fingerprint density at radius 2 is 1.18 bits per heavy atom. The van der Waals surface area contributed by atoms with Crippen LogP contribution in [0.4, 0.5) is 0 Å². The number of H-pyrrole nitrogens is 2. The van der Waals surface area contributed by atoms with Crippen LogP contribution in [0.3, 0.4) is 0 Å². The standard InChI is InChI=1S/C43H40N4O3/c1-3-5-26-49-33-15-9-29(10-16-33)42-38-19-13-31(44-38)28-32-14-20-39(45-32)43(30-11-17-34(18-12-30)50-27-6-4-2)41-24-22-37(47-41)35(8-7-25-48)36-21-23-40(42)46-36/h7-25,28,44,47H,3-6,26-27H2,1-2H3/b8-7+,31-28?,32-28?,36-35?,37-35?,42-38?,42-40?,43-39?,43-41?. The Bertz CT molecular complexity index is 2200. The minimum Gasteiger partial charge on any atom is -0.494 e. The highest BCUT2D eigenvalue weighted by Gasteiger charge is 2.15. The maximum Gasteiger partial charge on any atom is 0.142 e. The first kappa shape index (κ1) is 32.6. The zero-order valence-electron chi connectivity index (χ0n) is 28.4. The van der Waals surface area contributed by atoms with Crippen LogP contribution in [0.15, 0.2) is 84.9 Å². The van der Waals surface area contributed by atoms with Crippen LogP contribution >= 0.6 is 0 Å². The summed E-state index contributed by atoms with van der Waals surface area (Å²) < 4.78 is 11.9. The number of aldehydes is 1. The van der Waals surface area contributed by atoms with E-state index in [9.17, 15) is 4.79 Å². The third kappa shape index (κ3) is 7.08. The van der Waals surface area contributed by atoms with Gasteiger partial charge in [0.05, 0.1) is 36.0 Å². The lowest BCUT2D eigenvalue weighted by Gasteiger charge is -2.08. The predicted molar refractivity (Wildman–Crippen MR) is 206 cm³/mol. The van der Waals surface area contributed by atoms with E-state index in [0.717, 1.165) is 116 Å². The van der Waals surface area contributed by atoms with Crippen molar-refractivity contribution in [1.82, 2.24) is 19.9 Å². The zero-order chi connectivity index (χ0) is 34.3. The van der Waals surface area contributed by atoms with Crippen molar-refractivity contribution < 1.29 is 14.3 Å². The Morgan fingerprint density at radius 1 is 0.620 bits per heavy atom. The summed E-state index contributed by atoms with van der Waals surface area (Å²) in [5.41, 5.74) is 11.6. The molecule has 0 saturated carbocycles. The van der Waals surface area contributed by atoms with Crippen LogP contribution in [0.2, 0.25) is 0 Å². The van der Waals surface area contributed by atoms with Gasteiger partial charge in [-0.3, -0.25) is 4.79 Å². The van der Waals surface area contributed by atoms with Crippen LogP contribution in [-0.4, -0.2) is 39.4 Å². The van der Waals surface area contributed by atoms with Gasteiger partial charge < -0.3 is 19.4 Å². The lowest BCUT2D eigenvalue weighted by Crippen LogP contribution is -1.96. The van der Waals surface area contributed by atoms with Crippen LogP contribution in [0.1, 0.15) is 67.9 Å². The molecule has 250 valence electrons. The summed E-state index contributed by atoms with van der Waals surface area (Å²) in [6, 6.07) is 26.7. The van der Waals surface area contributed by atoms with Crippen molar-refractivity contribution in [3.63, 3.8) is 0 Å². The highest BCUT2D eigenvalue weighted by Crippen LogP contribution is 2.34. The number of hydrogen-bond acceptors (Lipinski definition) is 5. The normalized spacial score (nSPS) is 12.1. The van der Waals surface area contributed by atoms with E-state index in [0.29, 0.717) is 13.2 Å². The fourth-order valence-electron chi connectivity index (χ4n) is 6.18. The summed E-state index contributed by atoms with van der Waals surface area (Å²) in [6.45, 7) is 5.70. The van der Waals surface area contributed by atoms with Gasteiger partial charge in [-0.05, 0) is 115 Å². The van der Waals surface area contributed by atoms with Gasteiger partial charge in [0, 0.05) is 38.8 Å². The lowest BCUT2D eigenvalue weighted by atomic mass is 10.0. The summed E-state index contributed by atoms with van der Waals surface area (Å²) in [7, 11) is 0. The number of allylic oxidation sites excluding steroid dienone is 1. The van der Waals surface area contributed by atoms with Crippen LogP contribution in [0.25, 0.3) is 74.7 Å². The van der Waals surface area contributed by atoms with Crippen LogP contribution in [-0.2, 0) is 4.79 Å². The van der Waals surface area contributed by atoms with Gasteiger partial charge in [-0.15, -0.1) is 0 Å². The summed E-state index contributed by atoms with van der Waals surface area (Å²) in [5, 5.41) is 0. The minimum absolute atomic E-state index is 0.695. The zero-order valence-corrected chi connectivity index (χ0v) is 28.4. The summed E-state index contributed by atoms with van der Waals surface area (Å²) >= 11 is 0. The maximum atomic E-state index is 11.6. The molecule has 2 aliphatic heterocycles. The highest BCUT2D eigenvalue weighted by molar-refractivity contribution is 5.95. The molecular weight excluding hydrogens is 620 g/mol. The van der Waals surface area contributed by atoms with Crippen molar-refractivity contribution in [2.45, 2.75) is 39.5 Å². The second kappa shape index (κ2) is 15.1. The number of rotatable bonds is 12. The molecule has 7 nitrogen and oxygen atoms in total. The number of nitrogens with zero attached hydrogens (tertiary/aromatic N) is 2. The number of aromatic nitrogens is 4. The molecular formula is C43H40N4O3. The van der Waals surface area contributed by atoms with Crippen molar-refractivity contribution in [2.24, 2.45) is 0 Å². The van der Waals surface area contributed by atoms with E-state index in [2.05, 4.69) is 78.4 Å². The quantitative estimate of drug-likeness (QED) is 0.0773. The first-order chi connectivity index (χ1) is 24.6. The summed E-state index contributed by atoms with van der Waals surface area (Å²) in [6.07, 6.45) is 16.4. The van der Waals surface area contributed by atoms with Gasteiger partial charge in [0.25, 0.3) is 0 Å². The Morgan fingerprint density at radius 3 is 1.82 bits per heavy atom. The molecule has 0 unspecified atom stereocenters. The fourth-order valence-corrected chi connectivity index (χ4v) is 6.18. The number of nitrogens with one attached hydrogen (secondary N) is 2. The number of aromatic amines is 2. The number of benzene rings is 2. The van der Waals surface area contributed by atoms with Crippen molar-refractivity contribution in [2.75, 3.05) is 13.2 Å². The van der Waals surface area contributed by atoms with Crippen LogP contribution in [0.5, 0.6) is 11.5 Å². The number of hydrogen-bond donors (Lipinski definition) is 2. The molecule has 0 spiro atoms. The lowest BCUT2D eigenvalue weighted by molar-refractivity contribution is -0.104. The van der Waals surface area contributed by atoms with Gasteiger partial charge in [0.15, 0.2) is 0 Å². The second-order valence-corrected chi connectivity index (χ2v) is 12.3. The Kier molecular flexibility index (Phi) is 9.83. The van der Waals surface area contributed by atoms with E-state index in [1.165, 1.54) is 6.08 Å². The molecule has 7 heteroatoms. The maximum absolute atomic E-state index is 11.6. The number of carbonyl (C=O) groups excluding carboxylic acids is 1. The average Bonchev–Trinajstić information content (AvgIpc) is 3.97. The van der Waals surface area contributed by atoms with E-state index in [1.807, 2.05) is 54.6 Å². The molecule has 5 heterocycles. The third-order valence-electron chi connectivity index (χ3n) is 8.78. The molecule has 2 N–H and O–H groups in total. The molecule has 8 bridgehead atoms. The average molecular weight is 661 g/mol. The van der Waals surface area contributed by atoms with E-state index in [1.54, 1.807) is 0 Å². The Hall–Kier alpha value is -5.95. The monoisotopic (exact) mass is 660 g/mol. The van der Waals surface area contributed by atoms with Gasteiger partial charge >= 0.3 is 0 Å². The largest absolute Gasteiger partial charge is 0.494 e. The molecule has 5 aromatic rings. The Labute approximate surface area is 292 Å². The molecule has 3 aromatic heterocycles. The highest BCUT2D eigenvalue weighted by atomic mass is 16.5. The van der Waals surface area contributed by atoms with Crippen molar-refractivity contribution in [1.29, 1.82) is 0 Å².